The van der Waals surface area contributed by atoms with Crippen molar-refractivity contribution in [2.45, 2.75) is 30.6 Å². The fourth-order valence-corrected chi connectivity index (χ4v) is 4.33. The van der Waals surface area contributed by atoms with Crippen LogP contribution in [0, 0.1) is 0 Å². The molecule has 8 heteroatoms. The van der Waals surface area contributed by atoms with E-state index in [4.69, 9.17) is 5.73 Å². The Kier molecular flexibility index (Phi) is 5.37. The van der Waals surface area contributed by atoms with Crippen LogP contribution in [0.4, 0.5) is 5.69 Å². The number of benzene rings is 1. The zero-order valence-electron chi connectivity index (χ0n) is 11.5. The molecule has 6 nitrogen and oxygen atoms in total. The maximum absolute atomic E-state index is 12.3. The highest BCUT2D eigenvalue weighted by Crippen LogP contribution is 2.31. The van der Waals surface area contributed by atoms with Gasteiger partial charge in [-0.05, 0) is 59.4 Å². The molecular formula is C13H18BrN3O3S. The van der Waals surface area contributed by atoms with Gasteiger partial charge in [0.05, 0.1) is 4.90 Å². The van der Waals surface area contributed by atoms with E-state index >= 15 is 0 Å². The Balaban J connectivity index is 2.22. The van der Waals surface area contributed by atoms with Crippen molar-refractivity contribution in [1.82, 2.24) is 4.72 Å². The van der Waals surface area contributed by atoms with E-state index in [-0.39, 0.29) is 10.8 Å². The van der Waals surface area contributed by atoms with Crippen LogP contribution in [-0.2, 0) is 21.2 Å². The molecule has 0 saturated heterocycles. The fraction of sp³-hybridized carbons (Fsp3) is 0.462. The third-order valence-corrected chi connectivity index (χ3v) is 5.69. The largest absolute Gasteiger partial charge is 0.330 e. The van der Waals surface area contributed by atoms with Crippen LogP contribution >= 0.6 is 15.9 Å². The van der Waals surface area contributed by atoms with E-state index in [1.54, 1.807) is 6.07 Å². The highest BCUT2D eigenvalue weighted by atomic mass is 79.9. The number of halogens is 1. The summed E-state index contributed by atoms with van der Waals surface area (Å²) in [6.45, 7) is 0.881. The van der Waals surface area contributed by atoms with E-state index in [9.17, 15) is 13.2 Å². The molecule has 1 amide bonds. The first-order valence-electron chi connectivity index (χ1n) is 6.76. The van der Waals surface area contributed by atoms with Crippen LogP contribution in [-0.4, -0.2) is 27.4 Å². The molecule has 1 aromatic carbocycles. The average molecular weight is 376 g/mol. The second-order valence-electron chi connectivity index (χ2n) is 4.88. The van der Waals surface area contributed by atoms with Gasteiger partial charge in [0.15, 0.2) is 0 Å². The van der Waals surface area contributed by atoms with E-state index in [1.807, 2.05) is 0 Å². The number of sulfonamides is 1. The van der Waals surface area contributed by atoms with Crippen LogP contribution in [0.15, 0.2) is 21.5 Å². The van der Waals surface area contributed by atoms with Gasteiger partial charge in [0.1, 0.15) is 0 Å². The summed E-state index contributed by atoms with van der Waals surface area (Å²) in [6.07, 6.45) is 2.49. The minimum atomic E-state index is -3.61. The van der Waals surface area contributed by atoms with Crippen molar-refractivity contribution in [3.63, 3.8) is 0 Å². The highest BCUT2D eigenvalue weighted by molar-refractivity contribution is 9.10. The molecule has 0 aliphatic carbocycles. The number of anilines is 1. The van der Waals surface area contributed by atoms with Crippen molar-refractivity contribution in [3.05, 3.63) is 22.2 Å². The van der Waals surface area contributed by atoms with E-state index in [2.05, 4.69) is 26.0 Å². The summed E-state index contributed by atoms with van der Waals surface area (Å²) < 4.78 is 27.6. The summed E-state index contributed by atoms with van der Waals surface area (Å²) >= 11 is 3.30. The Morgan fingerprint density at radius 1 is 1.29 bits per heavy atom. The number of rotatable bonds is 6. The van der Waals surface area contributed by atoms with Crippen molar-refractivity contribution in [3.8, 4) is 0 Å². The fourth-order valence-electron chi connectivity index (χ4n) is 2.14. The molecule has 0 unspecified atom stereocenters. The number of hydrogen-bond acceptors (Lipinski definition) is 4. The van der Waals surface area contributed by atoms with Crippen LogP contribution in [0.2, 0.25) is 0 Å². The number of amides is 1. The number of hydrogen-bond donors (Lipinski definition) is 3. The van der Waals surface area contributed by atoms with Crippen molar-refractivity contribution < 1.29 is 13.2 Å². The molecule has 0 atom stereocenters. The Morgan fingerprint density at radius 3 is 2.76 bits per heavy atom. The Hall–Kier alpha value is -0.960. The van der Waals surface area contributed by atoms with Crippen LogP contribution in [0.1, 0.15) is 24.8 Å². The summed E-state index contributed by atoms with van der Waals surface area (Å²) in [7, 11) is -3.61. The predicted octanol–water partition coefficient (Wildman–Crippen LogP) is 1.35. The molecule has 0 radical (unpaired) electrons. The molecule has 1 aromatic rings. The van der Waals surface area contributed by atoms with Gasteiger partial charge >= 0.3 is 0 Å². The molecule has 2 rings (SSSR count). The summed E-state index contributed by atoms with van der Waals surface area (Å²) in [6, 6.07) is 3.25. The van der Waals surface area contributed by atoms with Gasteiger partial charge in [-0.3, -0.25) is 4.79 Å². The molecule has 0 saturated carbocycles. The Labute approximate surface area is 132 Å². The summed E-state index contributed by atoms with van der Waals surface area (Å²) in [5.74, 6) is -0.0934. The van der Waals surface area contributed by atoms with E-state index in [1.165, 1.54) is 6.07 Å². The minimum absolute atomic E-state index is 0.0934. The van der Waals surface area contributed by atoms with Crippen LogP contribution in [0.25, 0.3) is 0 Å². The maximum Gasteiger partial charge on any atom is 0.241 e. The topological polar surface area (TPSA) is 101 Å². The predicted molar refractivity (Wildman–Crippen MR) is 84.6 cm³/mol. The number of unbranched alkanes of at least 4 members (excludes halogenated alkanes) is 1. The highest BCUT2D eigenvalue weighted by Gasteiger charge is 2.22. The van der Waals surface area contributed by atoms with Gasteiger partial charge < -0.3 is 11.1 Å². The maximum atomic E-state index is 12.3. The summed E-state index contributed by atoms with van der Waals surface area (Å²) in [4.78, 5) is 11.6. The molecule has 4 N–H and O–H groups in total. The first-order valence-corrected chi connectivity index (χ1v) is 9.03. The Bertz CT molecular complexity index is 646. The molecule has 0 fully saturated rings. The van der Waals surface area contributed by atoms with Crippen molar-refractivity contribution in [2.24, 2.45) is 5.73 Å². The first-order chi connectivity index (χ1) is 9.94. The van der Waals surface area contributed by atoms with Gasteiger partial charge in [-0.25, -0.2) is 13.1 Å². The molecule has 116 valence electrons. The minimum Gasteiger partial charge on any atom is -0.330 e. The summed E-state index contributed by atoms with van der Waals surface area (Å²) in [5.41, 5.74) is 6.88. The molecule has 0 bridgehead atoms. The third-order valence-electron chi connectivity index (χ3n) is 3.27. The quantitative estimate of drug-likeness (QED) is 0.653. The zero-order chi connectivity index (χ0) is 15.5. The van der Waals surface area contributed by atoms with Crippen molar-refractivity contribution in [2.75, 3.05) is 18.4 Å². The van der Waals surface area contributed by atoms with E-state index in [0.29, 0.717) is 42.5 Å². The number of nitrogens with two attached hydrogens (primary N) is 1. The average Bonchev–Trinajstić information content (AvgIpc) is 2.43. The number of carbonyl (C=O) groups is 1. The van der Waals surface area contributed by atoms with Crippen molar-refractivity contribution in [1.29, 1.82) is 0 Å². The van der Waals surface area contributed by atoms with Gasteiger partial charge in [-0.15, -0.1) is 0 Å². The van der Waals surface area contributed by atoms with Gasteiger partial charge in [0.2, 0.25) is 15.9 Å². The second kappa shape index (κ2) is 6.87. The molecule has 0 spiro atoms. The molecular weight excluding hydrogens is 358 g/mol. The van der Waals surface area contributed by atoms with E-state index < -0.39 is 10.0 Å². The number of nitrogens with one attached hydrogen (secondary N) is 2. The van der Waals surface area contributed by atoms with Gasteiger partial charge in [0.25, 0.3) is 0 Å². The lowest BCUT2D eigenvalue weighted by atomic mass is 10.0. The lowest BCUT2D eigenvalue weighted by Gasteiger charge is -2.19. The molecule has 21 heavy (non-hydrogen) atoms. The smallest absolute Gasteiger partial charge is 0.241 e. The molecule has 0 aromatic heterocycles. The SMILES string of the molecule is NCCCCNS(=O)(=O)c1cc2c(cc1Br)CCC(=O)N2. The number of carbonyl (C=O) groups excluding carboxylic acids is 1. The lowest BCUT2D eigenvalue weighted by Crippen LogP contribution is -2.26. The second-order valence-corrected chi connectivity index (χ2v) is 7.47. The number of aryl methyl sites for hydroxylation is 1. The van der Waals surface area contributed by atoms with Crippen LogP contribution in [0.3, 0.4) is 0 Å². The van der Waals surface area contributed by atoms with E-state index in [0.717, 1.165) is 12.0 Å². The van der Waals surface area contributed by atoms with Crippen LogP contribution < -0.4 is 15.8 Å². The Morgan fingerprint density at radius 2 is 2.05 bits per heavy atom. The molecule has 1 heterocycles. The summed E-state index contributed by atoms with van der Waals surface area (Å²) in [5, 5.41) is 2.71. The van der Waals surface area contributed by atoms with Gasteiger partial charge in [-0.1, -0.05) is 0 Å². The first kappa shape index (κ1) is 16.4. The normalized spacial score (nSPS) is 14.7. The molecule has 1 aliphatic heterocycles. The third kappa shape index (κ3) is 4.03. The van der Waals surface area contributed by atoms with Gasteiger partial charge in [0, 0.05) is 23.1 Å². The van der Waals surface area contributed by atoms with Crippen molar-refractivity contribution >= 4 is 37.5 Å². The zero-order valence-corrected chi connectivity index (χ0v) is 13.9. The lowest BCUT2D eigenvalue weighted by molar-refractivity contribution is -0.116. The molecule has 1 aliphatic rings. The monoisotopic (exact) mass is 375 g/mol. The number of fused-ring (bicyclic) bond motifs is 1. The van der Waals surface area contributed by atoms with Gasteiger partial charge in [-0.2, -0.15) is 0 Å². The standard InChI is InChI=1S/C13H18BrN3O3S/c14-10-7-9-3-4-13(18)17-11(9)8-12(10)21(19,20)16-6-2-1-5-15/h7-8,16H,1-6,15H2,(H,17,18). The van der Waals surface area contributed by atoms with Crippen LogP contribution in [0.5, 0.6) is 0 Å².